The summed E-state index contributed by atoms with van der Waals surface area (Å²) in [5.41, 5.74) is -0.0784. The first-order valence-electron chi connectivity index (χ1n) is 11.5. The lowest BCUT2D eigenvalue weighted by molar-refractivity contribution is -0.120. The number of nitrogens with one attached hydrogen (secondary N) is 2. The van der Waals surface area contributed by atoms with Crippen LogP contribution in [0.3, 0.4) is 0 Å². The fourth-order valence-corrected chi connectivity index (χ4v) is 4.60. The molecule has 4 atom stereocenters. The van der Waals surface area contributed by atoms with Gasteiger partial charge in [0.25, 0.3) is 0 Å². The van der Waals surface area contributed by atoms with Gasteiger partial charge in [0, 0.05) is 30.8 Å². The molecule has 3 aliphatic carbocycles. The Morgan fingerprint density at radius 3 is 2.58 bits per heavy atom. The topological polar surface area (TPSA) is 61.4 Å². The van der Waals surface area contributed by atoms with Crippen molar-refractivity contribution in [2.45, 2.75) is 83.2 Å². The lowest BCUT2D eigenvalue weighted by Gasteiger charge is -2.36. The fraction of sp³-hybridized carbons (Fsp3) is 0.640. The first-order chi connectivity index (χ1) is 15.4. The number of carbonyl (C=O) groups excluding carboxylic acids is 1. The second-order valence-electron chi connectivity index (χ2n) is 10.1. The van der Waals surface area contributed by atoms with Gasteiger partial charge in [-0.3, -0.25) is 4.79 Å². The largest absolute Gasteiger partial charge is 0.390 e. The van der Waals surface area contributed by atoms with E-state index in [0.29, 0.717) is 12.0 Å². The number of carbonyl (C=O) groups is 1. The second kappa shape index (κ2) is 10.1. The molecule has 1 saturated carbocycles. The van der Waals surface area contributed by atoms with Crippen LogP contribution in [0.5, 0.6) is 0 Å². The highest BCUT2D eigenvalue weighted by molar-refractivity contribution is 5.73. The van der Waals surface area contributed by atoms with Crippen molar-refractivity contribution >= 4 is 5.91 Å². The fourth-order valence-electron chi connectivity index (χ4n) is 4.60. The summed E-state index contributed by atoms with van der Waals surface area (Å²) in [7, 11) is 0. The lowest BCUT2D eigenvalue weighted by Crippen LogP contribution is -2.50. The van der Waals surface area contributed by atoms with Gasteiger partial charge in [-0.2, -0.15) is 0 Å². The van der Waals surface area contributed by atoms with E-state index in [1.54, 1.807) is 13.8 Å². The normalized spacial score (nSPS) is 26.3. The average Bonchev–Trinajstić information content (AvgIpc) is 3.51. The number of rotatable bonds is 10. The minimum atomic E-state index is -2.44. The summed E-state index contributed by atoms with van der Waals surface area (Å²) in [6, 6.07) is -0.725. The molecule has 0 saturated heterocycles. The van der Waals surface area contributed by atoms with Crippen LogP contribution in [0.1, 0.15) is 52.9 Å². The van der Waals surface area contributed by atoms with E-state index in [0.717, 1.165) is 18.4 Å². The number of hydrogen-bond donors (Lipinski definition) is 3. The number of amides is 1. The summed E-state index contributed by atoms with van der Waals surface area (Å²) in [4.78, 5) is 11.7. The molecule has 1 fully saturated rings. The molecule has 0 spiro atoms. The van der Waals surface area contributed by atoms with Gasteiger partial charge in [0.2, 0.25) is 12.3 Å². The number of aliphatic hydroxyl groups excluding tert-OH is 1. The lowest BCUT2D eigenvalue weighted by atomic mass is 9.72. The smallest absolute Gasteiger partial charge is 0.244 e. The van der Waals surface area contributed by atoms with Crippen LogP contribution in [0.4, 0.5) is 17.6 Å². The molecule has 0 aromatic rings. The molecular formula is C25H34F4N2O2. The third-order valence-electron chi connectivity index (χ3n) is 7.05. The number of aliphatic hydroxyl groups is 1. The molecule has 0 radical (unpaired) electrons. The Bertz CT molecular complexity index is 858. The molecule has 8 heteroatoms. The van der Waals surface area contributed by atoms with Gasteiger partial charge >= 0.3 is 0 Å². The van der Waals surface area contributed by atoms with Crippen LogP contribution in [0.2, 0.25) is 0 Å². The summed E-state index contributed by atoms with van der Waals surface area (Å²) in [6.45, 7) is 4.61. The molecule has 3 aliphatic rings. The SMILES string of the molecule is CC(=O)NC(CC1=CC(F)CC(F)=C1)C(O)CNC1(C2=CC=CC(C(C)(C)C(F)F)C2)CC1. The third kappa shape index (κ3) is 6.35. The number of alkyl halides is 3. The summed E-state index contributed by atoms with van der Waals surface area (Å²) < 4.78 is 54.4. The van der Waals surface area contributed by atoms with Gasteiger partial charge < -0.3 is 15.7 Å². The molecule has 0 aromatic carbocycles. The third-order valence-corrected chi connectivity index (χ3v) is 7.05. The Balaban J connectivity index is 1.64. The second-order valence-corrected chi connectivity index (χ2v) is 10.1. The van der Waals surface area contributed by atoms with Crippen LogP contribution in [-0.4, -0.2) is 47.8 Å². The first kappa shape index (κ1) is 25.7. The zero-order valence-electron chi connectivity index (χ0n) is 19.4. The van der Waals surface area contributed by atoms with Crippen molar-refractivity contribution in [2.24, 2.45) is 11.3 Å². The van der Waals surface area contributed by atoms with Crippen LogP contribution in [0.15, 0.2) is 47.4 Å². The molecule has 0 aromatic heterocycles. The van der Waals surface area contributed by atoms with Crippen LogP contribution in [-0.2, 0) is 4.79 Å². The van der Waals surface area contributed by atoms with E-state index in [2.05, 4.69) is 10.6 Å². The van der Waals surface area contributed by atoms with Gasteiger partial charge in [0.15, 0.2) is 0 Å². The molecule has 3 N–H and O–H groups in total. The Morgan fingerprint density at radius 2 is 2.00 bits per heavy atom. The average molecular weight is 471 g/mol. The van der Waals surface area contributed by atoms with Gasteiger partial charge in [0.1, 0.15) is 12.0 Å². The van der Waals surface area contributed by atoms with Gasteiger partial charge in [-0.25, -0.2) is 17.6 Å². The zero-order valence-corrected chi connectivity index (χ0v) is 19.4. The van der Waals surface area contributed by atoms with Crippen molar-refractivity contribution in [1.29, 1.82) is 0 Å². The molecule has 0 bridgehead atoms. The molecule has 4 nitrogen and oxygen atoms in total. The van der Waals surface area contributed by atoms with Crippen molar-refractivity contribution in [2.75, 3.05) is 6.54 Å². The van der Waals surface area contributed by atoms with E-state index in [4.69, 9.17) is 0 Å². The molecular weight excluding hydrogens is 436 g/mol. The van der Waals surface area contributed by atoms with Crippen molar-refractivity contribution in [3.63, 3.8) is 0 Å². The number of allylic oxidation sites excluding steroid dienone is 6. The Labute approximate surface area is 192 Å². The molecule has 0 aliphatic heterocycles. The highest BCUT2D eigenvalue weighted by atomic mass is 19.3. The number of hydrogen-bond acceptors (Lipinski definition) is 3. The summed E-state index contributed by atoms with van der Waals surface area (Å²) >= 11 is 0. The molecule has 184 valence electrons. The predicted octanol–water partition coefficient (Wildman–Crippen LogP) is 4.68. The maximum absolute atomic E-state index is 13.7. The van der Waals surface area contributed by atoms with E-state index >= 15 is 0 Å². The van der Waals surface area contributed by atoms with Crippen LogP contribution >= 0.6 is 0 Å². The number of halogens is 4. The Hall–Kier alpha value is -1.93. The molecule has 0 heterocycles. The monoisotopic (exact) mass is 470 g/mol. The Morgan fingerprint density at radius 1 is 1.30 bits per heavy atom. The summed E-state index contributed by atoms with van der Waals surface area (Å²) in [5, 5.41) is 16.9. The molecule has 4 unspecified atom stereocenters. The van der Waals surface area contributed by atoms with E-state index in [1.807, 2.05) is 18.2 Å². The van der Waals surface area contributed by atoms with Gasteiger partial charge in [-0.1, -0.05) is 32.1 Å². The molecule has 1 amide bonds. The minimum absolute atomic E-state index is 0.0966. The predicted molar refractivity (Wildman–Crippen MR) is 120 cm³/mol. The highest BCUT2D eigenvalue weighted by Gasteiger charge is 2.48. The first-order valence-corrected chi connectivity index (χ1v) is 11.5. The Kier molecular flexibility index (Phi) is 7.89. The van der Waals surface area contributed by atoms with E-state index < -0.39 is 36.0 Å². The van der Waals surface area contributed by atoms with Gasteiger partial charge in [0.05, 0.1) is 12.1 Å². The van der Waals surface area contributed by atoms with Crippen LogP contribution in [0.25, 0.3) is 0 Å². The van der Waals surface area contributed by atoms with Crippen molar-refractivity contribution in [1.82, 2.24) is 10.6 Å². The van der Waals surface area contributed by atoms with Gasteiger partial charge in [-0.15, -0.1) is 0 Å². The quantitative estimate of drug-likeness (QED) is 0.407. The zero-order chi connectivity index (χ0) is 24.4. The van der Waals surface area contributed by atoms with Crippen molar-refractivity contribution < 1.29 is 27.5 Å². The standard InChI is InChI=1S/C25H34F4N2O2/c1-15(32)31-21(11-16-9-19(26)13-20(27)10-16)22(33)14-30-25(7-8-25)18-6-4-5-17(12-18)24(2,3)23(28)29/h4-6,9-10,17,19,21-23,30,33H,7-8,11-14H2,1-3H3,(H,31,32). The van der Waals surface area contributed by atoms with Gasteiger partial charge in [-0.05, 0) is 54.9 Å². The molecule has 3 rings (SSSR count). The van der Waals surface area contributed by atoms with Crippen LogP contribution < -0.4 is 10.6 Å². The minimum Gasteiger partial charge on any atom is -0.390 e. The van der Waals surface area contributed by atoms with Crippen molar-refractivity contribution in [3.8, 4) is 0 Å². The summed E-state index contributed by atoms with van der Waals surface area (Å²) in [6.07, 6.45) is 5.27. The maximum Gasteiger partial charge on any atom is 0.244 e. The summed E-state index contributed by atoms with van der Waals surface area (Å²) in [5.74, 6) is -1.21. The number of β-amino-alcohol motifs (C(OH)–C–C–N with tert-alkyl or cyclic N) is 1. The van der Waals surface area contributed by atoms with Crippen LogP contribution in [0, 0.1) is 11.3 Å². The maximum atomic E-state index is 13.7. The highest BCUT2D eigenvalue weighted by Crippen LogP contribution is 2.49. The molecule has 33 heavy (non-hydrogen) atoms. The van der Waals surface area contributed by atoms with E-state index in [-0.39, 0.29) is 36.8 Å². The van der Waals surface area contributed by atoms with E-state index in [9.17, 15) is 27.5 Å². The van der Waals surface area contributed by atoms with E-state index in [1.165, 1.54) is 19.1 Å². The van der Waals surface area contributed by atoms with Crippen molar-refractivity contribution in [3.05, 3.63) is 47.4 Å².